The summed E-state index contributed by atoms with van der Waals surface area (Å²) in [6.45, 7) is 7.01. The topological polar surface area (TPSA) is 58.4 Å². The van der Waals surface area contributed by atoms with Crippen LogP contribution in [0.25, 0.3) is 10.2 Å². The lowest BCUT2D eigenvalue weighted by atomic mass is 9.97. The standard InChI is InChI=1S/C20H26N4O2S2/c1-3-8-24-19(26)17-14-6-4-5-7-15(14)28-18(17)21-20(24)23-11-9-22(10-12-23)16(25)13-27-2/h3H,1,4-13H2,2H3. The molecule has 0 spiro atoms. The van der Waals surface area contributed by atoms with Crippen molar-refractivity contribution in [1.29, 1.82) is 0 Å². The van der Waals surface area contributed by atoms with Gasteiger partial charge < -0.3 is 9.80 Å². The molecule has 8 heteroatoms. The Bertz CT molecular complexity index is 957. The van der Waals surface area contributed by atoms with Crippen molar-refractivity contribution in [2.75, 3.05) is 43.1 Å². The van der Waals surface area contributed by atoms with E-state index in [1.807, 2.05) is 11.2 Å². The fourth-order valence-corrected chi connectivity index (χ4v) is 5.81. The Morgan fingerprint density at radius 1 is 1.25 bits per heavy atom. The van der Waals surface area contributed by atoms with Crippen molar-refractivity contribution in [2.45, 2.75) is 32.2 Å². The highest BCUT2D eigenvalue weighted by molar-refractivity contribution is 7.99. The predicted octanol–water partition coefficient (Wildman–Crippen LogP) is 2.53. The van der Waals surface area contributed by atoms with Gasteiger partial charge in [-0.2, -0.15) is 11.8 Å². The van der Waals surface area contributed by atoms with Gasteiger partial charge in [0.25, 0.3) is 5.56 Å². The Kier molecular flexibility index (Phi) is 5.78. The number of carbonyl (C=O) groups excluding carboxylic acids is 1. The molecule has 1 amide bonds. The van der Waals surface area contributed by atoms with Crippen molar-refractivity contribution in [3.63, 3.8) is 0 Å². The van der Waals surface area contributed by atoms with Gasteiger partial charge in [-0.25, -0.2) is 4.98 Å². The molecule has 0 radical (unpaired) electrons. The van der Waals surface area contributed by atoms with E-state index < -0.39 is 0 Å². The summed E-state index contributed by atoms with van der Waals surface area (Å²) in [6.07, 6.45) is 8.09. The number of aromatic nitrogens is 2. The molecule has 3 heterocycles. The van der Waals surface area contributed by atoms with E-state index >= 15 is 0 Å². The number of fused-ring (bicyclic) bond motifs is 3. The number of carbonyl (C=O) groups is 1. The minimum atomic E-state index is 0.0557. The minimum Gasteiger partial charge on any atom is -0.339 e. The van der Waals surface area contributed by atoms with Crippen LogP contribution in [-0.4, -0.2) is 58.5 Å². The van der Waals surface area contributed by atoms with Gasteiger partial charge in [-0.3, -0.25) is 14.2 Å². The van der Waals surface area contributed by atoms with Crippen LogP contribution in [0.4, 0.5) is 5.95 Å². The monoisotopic (exact) mass is 418 g/mol. The molecule has 0 atom stereocenters. The maximum absolute atomic E-state index is 13.4. The quantitative estimate of drug-likeness (QED) is 0.699. The minimum absolute atomic E-state index is 0.0557. The van der Waals surface area contributed by atoms with E-state index in [1.165, 1.54) is 16.9 Å². The zero-order valence-corrected chi connectivity index (χ0v) is 17.9. The van der Waals surface area contributed by atoms with E-state index in [2.05, 4.69) is 11.5 Å². The van der Waals surface area contributed by atoms with Crippen molar-refractivity contribution in [3.05, 3.63) is 33.4 Å². The normalized spacial score (nSPS) is 17.0. The molecule has 0 bridgehead atoms. The number of rotatable bonds is 5. The first-order chi connectivity index (χ1) is 13.6. The van der Waals surface area contributed by atoms with Crippen molar-refractivity contribution in [1.82, 2.24) is 14.5 Å². The van der Waals surface area contributed by atoms with Crippen LogP contribution in [0.3, 0.4) is 0 Å². The van der Waals surface area contributed by atoms with Gasteiger partial charge in [0, 0.05) is 37.6 Å². The van der Waals surface area contributed by atoms with Gasteiger partial charge in [-0.05, 0) is 37.5 Å². The Hall–Kier alpha value is -1.80. The average molecular weight is 419 g/mol. The highest BCUT2D eigenvalue weighted by Gasteiger charge is 2.26. The van der Waals surface area contributed by atoms with Gasteiger partial charge in [-0.15, -0.1) is 17.9 Å². The molecule has 1 fully saturated rings. The molecule has 1 aliphatic carbocycles. The van der Waals surface area contributed by atoms with E-state index in [4.69, 9.17) is 4.98 Å². The summed E-state index contributed by atoms with van der Waals surface area (Å²) in [5.41, 5.74) is 1.28. The molecular formula is C20H26N4O2S2. The van der Waals surface area contributed by atoms with Crippen LogP contribution in [0.1, 0.15) is 23.3 Å². The van der Waals surface area contributed by atoms with Crippen molar-refractivity contribution in [3.8, 4) is 0 Å². The third-order valence-electron chi connectivity index (χ3n) is 5.55. The number of allylic oxidation sites excluding steroid dienone is 1. The number of thioether (sulfide) groups is 1. The Labute approximate surface area is 173 Å². The van der Waals surface area contributed by atoms with Crippen molar-refractivity contribution < 1.29 is 4.79 Å². The summed E-state index contributed by atoms with van der Waals surface area (Å²) >= 11 is 3.24. The van der Waals surface area contributed by atoms with E-state index in [0.717, 1.165) is 29.5 Å². The summed E-state index contributed by atoms with van der Waals surface area (Å²) < 4.78 is 1.76. The van der Waals surface area contributed by atoms with E-state index in [1.54, 1.807) is 33.7 Å². The molecule has 2 aliphatic rings. The van der Waals surface area contributed by atoms with Gasteiger partial charge in [0.05, 0.1) is 11.1 Å². The first-order valence-electron chi connectivity index (χ1n) is 9.81. The van der Waals surface area contributed by atoms with Crippen LogP contribution in [0.5, 0.6) is 0 Å². The zero-order valence-electron chi connectivity index (χ0n) is 16.3. The zero-order chi connectivity index (χ0) is 19.7. The lowest BCUT2D eigenvalue weighted by Gasteiger charge is -2.36. The number of hydrogen-bond acceptors (Lipinski definition) is 6. The average Bonchev–Trinajstić information content (AvgIpc) is 3.09. The lowest BCUT2D eigenvalue weighted by molar-refractivity contribution is -0.128. The maximum atomic E-state index is 13.4. The van der Waals surface area contributed by atoms with E-state index in [-0.39, 0.29) is 11.5 Å². The highest BCUT2D eigenvalue weighted by Crippen LogP contribution is 2.34. The Balaban J connectivity index is 1.69. The fourth-order valence-electron chi connectivity index (χ4n) is 4.13. The SMILES string of the molecule is C=CCn1c(N2CCN(C(=O)CSC)CC2)nc2sc3c(c2c1=O)CCCC3. The number of nitrogens with zero attached hydrogens (tertiary/aromatic N) is 4. The Morgan fingerprint density at radius 2 is 2.00 bits per heavy atom. The van der Waals surface area contributed by atoms with E-state index in [9.17, 15) is 9.59 Å². The van der Waals surface area contributed by atoms with Crippen LogP contribution < -0.4 is 10.5 Å². The molecule has 0 N–H and O–H groups in total. The first kappa shape index (κ1) is 19.5. The largest absolute Gasteiger partial charge is 0.339 e. The molecule has 6 nitrogen and oxygen atoms in total. The molecule has 2 aromatic rings. The number of hydrogen-bond donors (Lipinski definition) is 0. The summed E-state index contributed by atoms with van der Waals surface area (Å²) in [6, 6.07) is 0. The van der Waals surface area contributed by atoms with Crippen molar-refractivity contribution >= 4 is 45.2 Å². The fraction of sp³-hybridized carbons (Fsp3) is 0.550. The number of thiophene rings is 1. The molecular weight excluding hydrogens is 392 g/mol. The molecule has 2 aromatic heterocycles. The van der Waals surface area contributed by atoms with Crippen LogP contribution in [0.2, 0.25) is 0 Å². The smallest absolute Gasteiger partial charge is 0.264 e. The summed E-state index contributed by atoms with van der Waals surface area (Å²) in [5.74, 6) is 1.42. The second-order valence-electron chi connectivity index (χ2n) is 7.31. The number of aryl methyl sites for hydroxylation is 2. The first-order valence-corrected chi connectivity index (χ1v) is 12.0. The number of amides is 1. The number of anilines is 1. The summed E-state index contributed by atoms with van der Waals surface area (Å²) in [7, 11) is 0. The second kappa shape index (κ2) is 8.29. The van der Waals surface area contributed by atoms with Crippen molar-refractivity contribution in [2.24, 2.45) is 0 Å². The summed E-state index contributed by atoms with van der Waals surface area (Å²) in [5, 5.41) is 0.819. The highest BCUT2D eigenvalue weighted by atomic mass is 32.2. The summed E-state index contributed by atoms with van der Waals surface area (Å²) in [4.78, 5) is 36.7. The van der Waals surface area contributed by atoms with Crippen LogP contribution in [0.15, 0.2) is 17.4 Å². The number of piperazine rings is 1. The van der Waals surface area contributed by atoms with Crippen LogP contribution >= 0.6 is 23.1 Å². The molecule has 1 aliphatic heterocycles. The molecule has 1 saturated heterocycles. The Morgan fingerprint density at radius 3 is 2.71 bits per heavy atom. The van der Waals surface area contributed by atoms with Gasteiger partial charge in [0.15, 0.2) is 0 Å². The third-order valence-corrected chi connectivity index (χ3v) is 7.27. The maximum Gasteiger partial charge on any atom is 0.264 e. The molecule has 150 valence electrons. The lowest BCUT2D eigenvalue weighted by Crippen LogP contribution is -2.50. The molecule has 28 heavy (non-hydrogen) atoms. The van der Waals surface area contributed by atoms with Gasteiger partial charge in [0.2, 0.25) is 11.9 Å². The van der Waals surface area contributed by atoms with Gasteiger partial charge in [0.1, 0.15) is 4.83 Å². The molecule has 4 rings (SSSR count). The third kappa shape index (κ3) is 3.48. The van der Waals surface area contributed by atoms with Crippen LogP contribution in [-0.2, 0) is 24.2 Å². The molecule has 0 aromatic carbocycles. The van der Waals surface area contributed by atoms with Gasteiger partial charge in [-0.1, -0.05) is 6.08 Å². The van der Waals surface area contributed by atoms with E-state index in [0.29, 0.717) is 44.4 Å². The molecule has 0 saturated carbocycles. The van der Waals surface area contributed by atoms with Gasteiger partial charge >= 0.3 is 0 Å². The predicted molar refractivity (Wildman–Crippen MR) is 118 cm³/mol. The molecule has 0 unspecified atom stereocenters. The second-order valence-corrected chi connectivity index (χ2v) is 9.26. The van der Waals surface area contributed by atoms with Crippen LogP contribution in [0, 0.1) is 0 Å².